The molecule has 0 bridgehead atoms. The zero-order valence-electron chi connectivity index (χ0n) is 16.0. The molecular formula is C21H26N4O3. The van der Waals surface area contributed by atoms with Gasteiger partial charge in [-0.25, -0.2) is 4.79 Å². The summed E-state index contributed by atoms with van der Waals surface area (Å²) in [5, 5.41) is 6.76. The van der Waals surface area contributed by atoms with Gasteiger partial charge in [0, 0.05) is 29.6 Å². The quantitative estimate of drug-likeness (QED) is 0.693. The van der Waals surface area contributed by atoms with E-state index >= 15 is 0 Å². The number of nitrogens with one attached hydrogen (secondary N) is 3. The molecule has 2 aliphatic rings. The number of carbonyl (C=O) groups is 3. The highest BCUT2D eigenvalue weighted by Crippen LogP contribution is 2.24. The SMILES string of the molecule is C[C@@H]1CCCC[C@@H]1NC(=O)CN1C(=O)N[C@H](Cc2c[nH]c3ccccc23)C1=O. The molecule has 2 fully saturated rings. The van der Waals surface area contributed by atoms with Crippen molar-refractivity contribution in [1.29, 1.82) is 0 Å². The van der Waals surface area contributed by atoms with E-state index in [1.165, 1.54) is 6.42 Å². The number of nitrogens with zero attached hydrogens (tertiary/aromatic N) is 1. The molecule has 1 saturated carbocycles. The average molecular weight is 382 g/mol. The van der Waals surface area contributed by atoms with Crippen molar-refractivity contribution in [3.8, 4) is 0 Å². The van der Waals surface area contributed by atoms with Crippen molar-refractivity contribution in [1.82, 2.24) is 20.5 Å². The van der Waals surface area contributed by atoms with E-state index in [9.17, 15) is 14.4 Å². The van der Waals surface area contributed by atoms with E-state index in [1.807, 2.05) is 30.5 Å². The van der Waals surface area contributed by atoms with Crippen LogP contribution in [0.25, 0.3) is 10.9 Å². The van der Waals surface area contributed by atoms with Crippen molar-refractivity contribution < 1.29 is 14.4 Å². The summed E-state index contributed by atoms with van der Waals surface area (Å²) in [6.45, 7) is 1.91. The average Bonchev–Trinajstić information content (AvgIpc) is 3.20. The fraction of sp³-hybridized carbons (Fsp3) is 0.476. The monoisotopic (exact) mass is 382 g/mol. The van der Waals surface area contributed by atoms with Crippen molar-refractivity contribution in [2.24, 2.45) is 5.92 Å². The molecule has 3 N–H and O–H groups in total. The Hall–Kier alpha value is -2.83. The number of H-pyrrole nitrogens is 1. The molecule has 0 radical (unpaired) electrons. The lowest BCUT2D eigenvalue weighted by atomic mass is 9.86. The Balaban J connectivity index is 1.39. The molecule has 3 atom stereocenters. The number of para-hydroxylation sites is 1. The fourth-order valence-corrected chi connectivity index (χ4v) is 4.31. The Morgan fingerprint density at radius 1 is 1.21 bits per heavy atom. The summed E-state index contributed by atoms with van der Waals surface area (Å²) in [5.41, 5.74) is 1.96. The van der Waals surface area contributed by atoms with E-state index in [-0.39, 0.29) is 24.4 Å². The number of imide groups is 1. The van der Waals surface area contributed by atoms with E-state index in [0.29, 0.717) is 12.3 Å². The zero-order chi connectivity index (χ0) is 19.7. The molecule has 1 saturated heterocycles. The van der Waals surface area contributed by atoms with Crippen LogP contribution in [0.1, 0.15) is 38.2 Å². The predicted molar refractivity (Wildman–Crippen MR) is 106 cm³/mol. The molecular weight excluding hydrogens is 356 g/mol. The standard InChI is InChI=1S/C21H26N4O3/c1-13-6-2-4-8-16(13)23-19(26)12-25-20(27)18(24-21(25)28)10-14-11-22-17-9-5-3-7-15(14)17/h3,5,7,9,11,13,16,18,22H,2,4,6,8,10,12H2,1H3,(H,23,26)(H,24,28)/t13-,16+,18-/m1/s1. The molecule has 7 heteroatoms. The molecule has 4 rings (SSSR count). The van der Waals surface area contributed by atoms with Crippen molar-refractivity contribution in [3.05, 3.63) is 36.0 Å². The summed E-state index contributed by atoms with van der Waals surface area (Å²) in [7, 11) is 0. The molecule has 0 unspecified atom stereocenters. The number of benzene rings is 1. The van der Waals surface area contributed by atoms with Gasteiger partial charge in [-0.1, -0.05) is 38.0 Å². The molecule has 2 heterocycles. The lowest BCUT2D eigenvalue weighted by Crippen LogP contribution is -2.47. The maximum absolute atomic E-state index is 12.7. The molecule has 1 aromatic heterocycles. The Morgan fingerprint density at radius 2 is 2.00 bits per heavy atom. The van der Waals surface area contributed by atoms with Crippen LogP contribution >= 0.6 is 0 Å². The largest absolute Gasteiger partial charge is 0.361 e. The zero-order valence-corrected chi connectivity index (χ0v) is 16.0. The maximum Gasteiger partial charge on any atom is 0.325 e. The van der Waals surface area contributed by atoms with E-state index in [1.54, 1.807) is 0 Å². The van der Waals surface area contributed by atoms with Crippen LogP contribution in [-0.4, -0.2) is 46.4 Å². The summed E-state index contributed by atoms with van der Waals surface area (Å²) in [4.78, 5) is 41.6. The van der Waals surface area contributed by atoms with Crippen LogP contribution in [0.5, 0.6) is 0 Å². The van der Waals surface area contributed by atoms with Crippen molar-refractivity contribution in [3.63, 3.8) is 0 Å². The number of aromatic nitrogens is 1. The molecule has 1 aliphatic heterocycles. The van der Waals surface area contributed by atoms with Gasteiger partial charge in [0.2, 0.25) is 5.91 Å². The van der Waals surface area contributed by atoms with Gasteiger partial charge < -0.3 is 15.6 Å². The number of fused-ring (bicyclic) bond motifs is 1. The first-order valence-electron chi connectivity index (χ1n) is 9.99. The predicted octanol–water partition coefficient (Wildman–Crippen LogP) is 2.33. The van der Waals surface area contributed by atoms with Gasteiger partial charge in [-0.3, -0.25) is 14.5 Å². The third-order valence-corrected chi connectivity index (χ3v) is 5.97. The van der Waals surface area contributed by atoms with E-state index < -0.39 is 12.1 Å². The van der Waals surface area contributed by atoms with E-state index in [0.717, 1.165) is 40.6 Å². The topological polar surface area (TPSA) is 94.3 Å². The first kappa shape index (κ1) is 18.5. The van der Waals surface area contributed by atoms with Gasteiger partial charge in [0.25, 0.3) is 5.91 Å². The van der Waals surface area contributed by atoms with Crippen molar-refractivity contribution in [2.45, 2.75) is 51.1 Å². The number of rotatable bonds is 5. The van der Waals surface area contributed by atoms with Crippen LogP contribution in [0.2, 0.25) is 0 Å². The summed E-state index contributed by atoms with van der Waals surface area (Å²) in [6, 6.07) is 6.82. The minimum absolute atomic E-state index is 0.129. The lowest BCUT2D eigenvalue weighted by Gasteiger charge is -2.29. The molecule has 7 nitrogen and oxygen atoms in total. The number of hydrogen-bond donors (Lipinski definition) is 3. The minimum Gasteiger partial charge on any atom is -0.361 e. The summed E-state index contributed by atoms with van der Waals surface area (Å²) in [5.74, 6) is -0.187. The Bertz CT molecular complexity index is 906. The van der Waals surface area contributed by atoms with Crippen LogP contribution in [0.4, 0.5) is 4.79 Å². The highest BCUT2D eigenvalue weighted by atomic mass is 16.2. The molecule has 1 aliphatic carbocycles. The molecule has 148 valence electrons. The van der Waals surface area contributed by atoms with Crippen molar-refractivity contribution >= 4 is 28.7 Å². The van der Waals surface area contributed by atoms with Crippen molar-refractivity contribution in [2.75, 3.05) is 6.54 Å². The Kier molecular flexibility index (Phi) is 5.07. The van der Waals surface area contributed by atoms with Gasteiger partial charge in [0.05, 0.1) is 0 Å². The van der Waals surface area contributed by atoms with Crippen LogP contribution in [0.3, 0.4) is 0 Å². The highest BCUT2D eigenvalue weighted by Gasteiger charge is 2.39. The number of urea groups is 1. The number of amides is 4. The molecule has 0 spiro atoms. The Morgan fingerprint density at radius 3 is 2.82 bits per heavy atom. The maximum atomic E-state index is 12.7. The van der Waals surface area contributed by atoms with Crippen LogP contribution < -0.4 is 10.6 Å². The van der Waals surface area contributed by atoms with Gasteiger partial charge in [-0.15, -0.1) is 0 Å². The highest BCUT2D eigenvalue weighted by molar-refractivity contribution is 6.06. The molecule has 1 aromatic carbocycles. The van der Waals surface area contributed by atoms with Gasteiger partial charge in [-0.2, -0.15) is 0 Å². The minimum atomic E-state index is -0.645. The second-order valence-electron chi connectivity index (χ2n) is 7.93. The third-order valence-electron chi connectivity index (χ3n) is 5.97. The fourth-order valence-electron chi connectivity index (χ4n) is 4.31. The normalized spacial score (nSPS) is 25.2. The third kappa shape index (κ3) is 3.61. The number of hydrogen-bond acceptors (Lipinski definition) is 3. The summed E-state index contributed by atoms with van der Waals surface area (Å²) < 4.78 is 0. The lowest BCUT2D eigenvalue weighted by molar-refractivity contribution is -0.132. The molecule has 4 amide bonds. The van der Waals surface area contributed by atoms with Gasteiger partial charge in [-0.05, 0) is 30.4 Å². The van der Waals surface area contributed by atoms with Gasteiger partial charge in [0.1, 0.15) is 12.6 Å². The van der Waals surface area contributed by atoms with Gasteiger partial charge in [0.15, 0.2) is 0 Å². The first-order valence-corrected chi connectivity index (χ1v) is 9.99. The molecule has 28 heavy (non-hydrogen) atoms. The summed E-state index contributed by atoms with van der Waals surface area (Å²) >= 11 is 0. The number of carbonyl (C=O) groups excluding carboxylic acids is 3. The van der Waals surface area contributed by atoms with Crippen LogP contribution in [0, 0.1) is 5.92 Å². The van der Waals surface area contributed by atoms with E-state index in [4.69, 9.17) is 0 Å². The smallest absolute Gasteiger partial charge is 0.325 e. The van der Waals surface area contributed by atoms with Crippen LogP contribution in [-0.2, 0) is 16.0 Å². The Labute approximate surface area is 163 Å². The van der Waals surface area contributed by atoms with Crippen LogP contribution in [0.15, 0.2) is 30.5 Å². The molecule has 2 aromatic rings. The summed E-state index contributed by atoms with van der Waals surface area (Å²) in [6.07, 6.45) is 6.61. The first-order chi connectivity index (χ1) is 13.5. The second-order valence-corrected chi connectivity index (χ2v) is 7.93. The number of aromatic amines is 1. The van der Waals surface area contributed by atoms with Gasteiger partial charge >= 0.3 is 6.03 Å². The van der Waals surface area contributed by atoms with E-state index in [2.05, 4.69) is 22.5 Å². The second kappa shape index (κ2) is 7.66.